The van der Waals surface area contributed by atoms with Crippen molar-refractivity contribution in [3.05, 3.63) is 58.3 Å². The van der Waals surface area contributed by atoms with Crippen LogP contribution in [-0.4, -0.2) is 89.6 Å². The van der Waals surface area contributed by atoms with Crippen molar-refractivity contribution in [2.45, 2.75) is 32.7 Å². The fourth-order valence-electron chi connectivity index (χ4n) is 5.58. The molecule has 2 aliphatic rings. The van der Waals surface area contributed by atoms with E-state index in [1.165, 1.54) is 0 Å². The molecule has 3 N–H and O–H groups in total. The number of piperidine rings is 1. The Kier molecular flexibility index (Phi) is 11.0. The van der Waals surface area contributed by atoms with Gasteiger partial charge in [0.2, 0.25) is 17.7 Å². The second kappa shape index (κ2) is 15.1. The molecule has 4 heterocycles. The Morgan fingerprint density at radius 1 is 0.977 bits per heavy atom. The van der Waals surface area contributed by atoms with E-state index in [0.29, 0.717) is 33.5 Å². The number of nitrogens with two attached hydrogens (primary N) is 1. The molecule has 43 heavy (non-hydrogen) atoms. The van der Waals surface area contributed by atoms with E-state index in [-0.39, 0.29) is 5.91 Å². The molecule has 0 atom stereocenters. The molecule has 10 nitrogen and oxygen atoms in total. The average molecular weight is 628 g/mol. The third-order valence-electron chi connectivity index (χ3n) is 7.94. The fraction of sp³-hybridized carbons (Fsp3) is 0.484. The topological polar surface area (TPSA) is 113 Å². The number of halogens is 2. The summed E-state index contributed by atoms with van der Waals surface area (Å²) in [5.74, 6) is 2.20. The second-order valence-corrected chi connectivity index (χ2v) is 12.2. The molecule has 3 aromatic rings. The molecule has 1 aromatic carbocycles. The number of nitrogens with one attached hydrogen (secondary N) is 1. The largest absolute Gasteiger partial charge is 0.436 e. The van der Waals surface area contributed by atoms with Crippen molar-refractivity contribution in [2.24, 2.45) is 11.7 Å². The average Bonchev–Trinajstić information content (AvgIpc) is 3.00. The highest BCUT2D eigenvalue weighted by Gasteiger charge is 2.21. The first-order valence-electron chi connectivity index (χ1n) is 15.0. The Hall–Kier alpha value is -3.02. The number of carbonyl (C=O) groups excluding carboxylic acids is 1. The molecule has 2 fully saturated rings. The SMILES string of the molecule is CC(=O)NCC1CCN(Cc2cc(Oc3cnc(N4CCN(CCCN)CC4)nc3)nc(-c3cc(Cl)cc(Cl)c3)c2)CC1. The molecule has 0 bridgehead atoms. The zero-order valence-corrected chi connectivity index (χ0v) is 26.2. The van der Waals surface area contributed by atoms with Gasteiger partial charge in [-0.25, -0.2) is 15.0 Å². The first-order valence-corrected chi connectivity index (χ1v) is 15.7. The van der Waals surface area contributed by atoms with Crippen molar-refractivity contribution < 1.29 is 9.53 Å². The normalized spacial score (nSPS) is 16.8. The highest BCUT2D eigenvalue weighted by Crippen LogP contribution is 2.31. The Labute approximate surface area is 263 Å². The number of benzene rings is 1. The van der Waals surface area contributed by atoms with Crippen molar-refractivity contribution in [2.75, 3.05) is 63.8 Å². The number of aromatic nitrogens is 3. The summed E-state index contributed by atoms with van der Waals surface area (Å²) in [5, 5.41) is 4.04. The lowest BCUT2D eigenvalue weighted by Crippen LogP contribution is -2.47. The second-order valence-electron chi connectivity index (χ2n) is 11.3. The molecule has 5 rings (SSSR count). The third kappa shape index (κ3) is 9.23. The van der Waals surface area contributed by atoms with Crippen molar-refractivity contribution >= 4 is 35.1 Å². The highest BCUT2D eigenvalue weighted by molar-refractivity contribution is 6.35. The summed E-state index contributed by atoms with van der Waals surface area (Å²) in [6, 6.07) is 9.44. The number of hydrogen-bond acceptors (Lipinski definition) is 9. The van der Waals surface area contributed by atoms with E-state index in [9.17, 15) is 4.79 Å². The van der Waals surface area contributed by atoms with Crippen molar-refractivity contribution in [1.29, 1.82) is 0 Å². The molecule has 2 saturated heterocycles. The molecule has 0 aliphatic carbocycles. The summed E-state index contributed by atoms with van der Waals surface area (Å²) in [5.41, 5.74) is 8.27. The van der Waals surface area contributed by atoms with Crippen LogP contribution in [0.5, 0.6) is 11.6 Å². The van der Waals surface area contributed by atoms with Crippen LogP contribution in [0.25, 0.3) is 11.3 Å². The molecule has 2 aliphatic heterocycles. The summed E-state index contributed by atoms with van der Waals surface area (Å²) in [6.45, 7) is 10.4. The van der Waals surface area contributed by atoms with Gasteiger partial charge >= 0.3 is 0 Å². The van der Waals surface area contributed by atoms with Crippen molar-refractivity contribution in [1.82, 2.24) is 30.1 Å². The summed E-state index contributed by atoms with van der Waals surface area (Å²) >= 11 is 12.7. The van der Waals surface area contributed by atoms with E-state index in [1.807, 2.05) is 18.2 Å². The Bertz CT molecular complexity index is 1340. The molecule has 0 radical (unpaired) electrons. The first-order chi connectivity index (χ1) is 20.8. The minimum atomic E-state index is 0.0253. The van der Waals surface area contributed by atoms with E-state index in [2.05, 4.69) is 36.1 Å². The third-order valence-corrected chi connectivity index (χ3v) is 8.38. The molecule has 2 aromatic heterocycles. The number of rotatable bonds is 11. The lowest BCUT2D eigenvalue weighted by atomic mass is 9.96. The van der Waals surface area contributed by atoms with Crippen LogP contribution in [0.1, 0.15) is 31.7 Å². The maximum Gasteiger partial charge on any atom is 0.225 e. The van der Waals surface area contributed by atoms with Crippen LogP contribution in [0.15, 0.2) is 42.7 Å². The molecular formula is C31H40Cl2N8O2. The predicted molar refractivity (Wildman–Crippen MR) is 171 cm³/mol. The molecule has 0 unspecified atom stereocenters. The standard InChI is InChI=1S/C31H40Cl2N8O2/c1-22(42)35-18-23-3-7-40(8-4-23)21-24-13-29(25-15-26(32)17-27(33)16-25)38-30(14-24)43-28-19-36-31(37-20-28)41-11-9-39(10-12-41)6-2-5-34/h13-17,19-20,23H,2-12,18,21,34H2,1H3,(H,35,42). The van der Waals surface area contributed by atoms with Gasteiger partial charge in [0.25, 0.3) is 0 Å². The molecular weight excluding hydrogens is 587 g/mol. The number of anilines is 1. The first kappa shape index (κ1) is 31.4. The molecule has 12 heteroatoms. The summed E-state index contributed by atoms with van der Waals surface area (Å²) in [6.07, 6.45) is 6.50. The van der Waals surface area contributed by atoms with Gasteiger partial charge < -0.3 is 20.7 Å². The Morgan fingerprint density at radius 3 is 2.33 bits per heavy atom. The number of hydrogen-bond donors (Lipinski definition) is 2. The van der Waals surface area contributed by atoms with E-state index >= 15 is 0 Å². The van der Waals surface area contributed by atoms with Gasteiger partial charge in [0.05, 0.1) is 18.1 Å². The van der Waals surface area contributed by atoms with E-state index in [4.69, 9.17) is 38.7 Å². The van der Waals surface area contributed by atoms with Gasteiger partial charge in [-0.15, -0.1) is 0 Å². The number of ether oxygens (including phenoxy) is 1. The minimum Gasteiger partial charge on any atom is -0.436 e. The van der Waals surface area contributed by atoms with Gasteiger partial charge in [-0.3, -0.25) is 14.6 Å². The highest BCUT2D eigenvalue weighted by atomic mass is 35.5. The van der Waals surface area contributed by atoms with Crippen LogP contribution in [0.2, 0.25) is 10.0 Å². The quantitative estimate of drug-likeness (QED) is 0.318. The monoisotopic (exact) mass is 626 g/mol. The Balaban J connectivity index is 1.28. The Morgan fingerprint density at radius 2 is 1.67 bits per heavy atom. The van der Waals surface area contributed by atoms with E-state index in [0.717, 1.165) is 102 Å². The minimum absolute atomic E-state index is 0.0253. The maximum atomic E-state index is 11.3. The van der Waals surface area contributed by atoms with Crippen LogP contribution in [0, 0.1) is 5.92 Å². The fourth-order valence-corrected chi connectivity index (χ4v) is 6.11. The molecule has 0 saturated carbocycles. The van der Waals surface area contributed by atoms with E-state index in [1.54, 1.807) is 25.4 Å². The number of carbonyl (C=O) groups is 1. The van der Waals surface area contributed by atoms with Crippen LogP contribution in [0.3, 0.4) is 0 Å². The van der Waals surface area contributed by atoms with Crippen LogP contribution in [0.4, 0.5) is 5.95 Å². The zero-order valence-electron chi connectivity index (χ0n) is 24.6. The number of pyridine rings is 1. The van der Waals surface area contributed by atoms with Crippen LogP contribution >= 0.6 is 23.2 Å². The summed E-state index contributed by atoms with van der Waals surface area (Å²) in [7, 11) is 0. The van der Waals surface area contributed by atoms with Gasteiger partial charge in [0, 0.05) is 67.9 Å². The molecule has 1 amide bonds. The number of nitrogens with zero attached hydrogens (tertiary/aromatic N) is 6. The number of amides is 1. The summed E-state index contributed by atoms with van der Waals surface area (Å²) in [4.78, 5) is 32.3. The number of likely N-dealkylation sites (tertiary alicyclic amines) is 1. The van der Waals surface area contributed by atoms with Crippen LogP contribution < -0.4 is 20.7 Å². The van der Waals surface area contributed by atoms with Crippen molar-refractivity contribution in [3.8, 4) is 22.9 Å². The van der Waals surface area contributed by atoms with E-state index < -0.39 is 0 Å². The van der Waals surface area contributed by atoms with Gasteiger partial charge in [-0.2, -0.15) is 0 Å². The number of piperazine rings is 1. The van der Waals surface area contributed by atoms with Crippen molar-refractivity contribution in [3.63, 3.8) is 0 Å². The molecule has 230 valence electrons. The smallest absolute Gasteiger partial charge is 0.225 e. The molecule has 0 spiro atoms. The van der Waals surface area contributed by atoms with Gasteiger partial charge in [0.1, 0.15) is 0 Å². The maximum absolute atomic E-state index is 11.3. The lowest BCUT2D eigenvalue weighted by Gasteiger charge is -2.34. The predicted octanol–water partition coefficient (Wildman–Crippen LogP) is 4.46. The lowest BCUT2D eigenvalue weighted by molar-refractivity contribution is -0.119. The van der Waals surface area contributed by atoms with Gasteiger partial charge in [0.15, 0.2) is 5.75 Å². The van der Waals surface area contributed by atoms with Crippen LogP contribution in [-0.2, 0) is 11.3 Å². The van der Waals surface area contributed by atoms with Gasteiger partial charge in [-0.1, -0.05) is 23.2 Å². The summed E-state index contributed by atoms with van der Waals surface area (Å²) < 4.78 is 6.21. The zero-order chi connectivity index (χ0) is 30.2. The van der Waals surface area contributed by atoms with Gasteiger partial charge in [-0.05, 0) is 81.2 Å².